The summed E-state index contributed by atoms with van der Waals surface area (Å²) >= 11 is 0. The van der Waals surface area contributed by atoms with E-state index in [0.29, 0.717) is 0 Å². The zero-order valence-corrected chi connectivity index (χ0v) is 6.11. The van der Waals surface area contributed by atoms with Crippen LogP contribution in [-0.2, 0) is 14.6 Å². The van der Waals surface area contributed by atoms with Crippen LogP contribution in [-0.4, -0.2) is 19.6 Å². The molecule has 0 aromatic rings. The lowest BCUT2D eigenvalue weighted by Gasteiger charge is -1.90. The van der Waals surface area contributed by atoms with Crippen molar-refractivity contribution in [1.29, 1.82) is 0 Å². The van der Waals surface area contributed by atoms with Crippen molar-refractivity contribution >= 4 is 22.8 Å². The average Bonchev–Trinajstić information content (AvgIpc) is 1.59. The minimum atomic E-state index is -4.26. The molecular weight excluding hydrogens is 168 g/mol. The van der Waals surface area contributed by atoms with Gasteiger partial charge in [0.05, 0.1) is 6.61 Å². The summed E-state index contributed by atoms with van der Waals surface area (Å²) in [6, 6.07) is 0. The molecule has 56 valence electrons. The Hall–Kier alpha value is -0.100. The van der Waals surface area contributed by atoms with Crippen molar-refractivity contribution < 1.29 is 17.2 Å². The highest BCUT2D eigenvalue weighted by atomic mass is 35.5. The standard InChI is InChI=1S/C3H6O4S.ClH/c1-2-3-7-8(4,5)6;/h2H,1,3H2,(H,4,5,6);1H. The second-order valence-electron chi connectivity index (χ2n) is 1.00. The van der Waals surface area contributed by atoms with Crippen LogP contribution in [0.1, 0.15) is 0 Å². The van der Waals surface area contributed by atoms with Crippen molar-refractivity contribution in [2.75, 3.05) is 6.61 Å². The summed E-state index contributed by atoms with van der Waals surface area (Å²) in [7, 11) is -4.26. The molecular formula is C3H7ClO4S. The molecule has 0 unspecified atom stereocenters. The number of halogens is 1. The largest absolute Gasteiger partial charge is 0.397 e. The quantitative estimate of drug-likeness (QED) is 0.498. The van der Waals surface area contributed by atoms with Crippen molar-refractivity contribution in [3.05, 3.63) is 12.7 Å². The molecule has 0 fully saturated rings. The van der Waals surface area contributed by atoms with Gasteiger partial charge in [0, 0.05) is 0 Å². The molecule has 0 aromatic carbocycles. The van der Waals surface area contributed by atoms with E-state index in [2.05, 4.69) is 10.8 Å². The zero-order valence-electron chi connectivity index (χ0n) is 4.48. The fraction of sp³-hybridized carbons (Fsp3) is 0.333. The predicted molar refractivity (Wildman–Crippen MR) is 34.9 cm³/mol. The van der Waals surface area contributed by atoms with Crippen LogP contribution >= 0.6 is 12.4 Å². The minimum absolute atomic E-state index is 0. The number of rotatable bonds is 3. The van der Waals surface area contributed by atoms with Gasteiger partial charge >= 0.3 is 10.4 Å². The lowest BCUT2D eigenvalue weighted by Crippen LogP contribution is -2.02. The molecule has 0 aromatic heterocycles. The molecule has 0 aliphatic carbocycles. The van der Waals surface area contributed by atoms with Gasteiger partial charge in [0.25, 0.3) is 0 Å². The maximum atomic E-state index is 9.68. The van der Waals surface area contributed by atoms with Gasteiger partial charge < -0.3 is 0 Å². The van der Waals surface area contributed by atoms with Crippen LogP contribution in [0.5, 0.6) is 0 Å². The molecule has 0 spiro atoms. The van der Waals surface area contributed by atoms with E-state index >= 15 is 0 Å². The molecule has 0 heterocycles. The molecule has 0 saturated carbocycles. The van der Waals surface area contributed by atoms with Crippen molar-refractivity contribution in [2.24, 2.45) is 0 Å². The van der Waals surface area contributed by atoms with E-state index in [1.807, 2.05) is 0 Å². The smallest absolute Gasteiger partial charge is 0.264 e. The summed E-state index contributed by atoms with van der Waals surface area (Å²) in [6.07, 6.45) is 1.22. The van der Waals surface area contributed by atoms with E-state index in [1.165, 1.54) is 6.08 Å². The van der Waals surface area contributed by atoms with Crippen LogP contribution in [0.15, 0.2) is 12.7 Å². The van der Waals surface area contributed by atoms with Crippen LogP contribution in [0.25, 0.3) is 0 Å². The van der Waals surface area contributed by atoms with Gasteiger partial charge in [-0.3, -0.25) is 4.55 Å². The molecule has 4 nitrogen and oxygen atoms in total. The molecule has 0 radical (unpaired) electrons. The lowest BCUT2D eigenvalue weighted by atomic mass is 10.7. The Balaban J connectivity index is 0. The zero-order chi connectivity index (χ0) is 6.62. The van der Waals surface area contributed by atoms with Gasteiger partial charge in [-0.05, 0) is 0 Å². The lowest BCUT2D eigenvalue weighted by molar-refractivity contribution is 0.296. The van der Waals surface area contributed by atoms with Crippen LogP contribution < -0.4 is 0 Å². The molecule has 0 saturated heterocycles. The van der Waals surface area contributed by atoms with Crippen molar-refractivity contribution in [2.45, 2.75) is 0 Å². The Kier molecular flexibility index (Phi) is 6.16. The van der Waals surface area contributed by atoms with E-state index < -0.39 is 10.4 Å². The van der Waals surface area contributed by atoms with E-state index in [-0.39, 0.29) is 19.0 Å². The summed E-state index contributed by atoms with van der Waals surface area (Å²) in [5.41, 5.74) is 0. The monoisotopic (exact) mass is 174 g/mol. The van der Waals surface area contributed by atoms with Gasteiger partial charge in [-0.1, -0.05) is 6.08 Å². The molecule has 0 amide bonds. The Morgan fingerprint density at radius 1 is 1.67 bits per heavy atom. The van der Waals surface area contributed by atoms with Gasteiger partial charge in [0.2, 0.25) is 0 Å². The highest BCUT2D eigenvalue weighted by molar-refractivity contribution is 7.80. The van der Waals surface area contributed by atoms with E-state index in [0.717, 1.165) is 0 Å². The maximum Gasteiger partial charge on any atom is 0.397 e. The van der Waals surface area contributed by atoms with Crippen LogP contribution in [0.2, 0.25) is 0 Å². The second kappa shape index (κ2) is 4.75. The predicted octanol–water partition coefficient (Wildman–Crippen LogP) is 0.414. The highest BCUT2D eigenvalue weighted by Gasteiger charge is 1.99. The van der Waals surface area contributed by atoms with Gasteiger partial charge in [0.15, 0.2) is 0 Å². The van der Waals surface area contributed by atoms with Crippen LogP contribution in [0.4, 0.5) is 0 Å². The molecule has 1 N–H and O–H groups in total. The number of hydrogen-bond donors (Lipinski definition) is 1. The fourth-order valence-corrected chi connectivity index (χ4v) is 0.402. The van der Waals surface area contributed by atoms with Crippen molar-refractivity contribution in [3.8, 4) is 0 Å². The molecule has 0 bridgehead atoms. The maximum absolute atomic E-state index is 9.68. The van der Waals surface area contributed by atoms with E-state index in [4.69, 9.17) is 4.55 Å². The highest BCUT2D eigenvalue weighted by Crippen LogP contribution is 1.83. The normalized spacial score (nSPS) is 9.89. The Morgan fingerprint density at radius 2 is 2.11 bits per heavy atom. The van der Waals surface area contributed by atoms with Crippen LogP contribution in [0, 0.1) is 0 Å². The molecule has 0 atom stereocenters. The third-order valence-corrected chi connectivity index (χ3v) is 0.769. The Morgan fingerprint density at radius 3 is 2.22 bits per heavy atom. The second-order valence-corrected chi connectivity index (χ2v) is 2.09. The summed E-state index contributed by atoms with van der Waals surface area (Å²) in [5.74, 6) is 0. The molecule has 0 aliphatic heterocycles. The minimum Gasteiger partial charge on any atom is -0.264 e. The van der Waals surface area contributed by atoms with E-state index in [9.17, 15) is 8.42 Å². The summed E-state index contributed by atoms with van der Waals surface area (Å²) in [6.45, 7) is 2.97. The van der Waals surface area contributed by atoms with Crippen molar-refractivity contribution in [3.63, 3.8) is 0 Å². The molecule has 0 rings (SSSR count). The van der Waals surface area contributed by atoms with Gasteiger partial charge in [-0.25, -0.2) is 4.18 Å². The van der Waals surface area contributed by atoms with Gasteiger partial charge in [-0.2, -0.15) is 8.42 Å². The van der Waals surface area contributed by atoms with Gasteiger partial charge in [-0.15, -0.1) is 19.0 Å². The first-order valence-electron chi connectivity index (χ1n) is 1.79. The molecule has 6 heteroatoms. The van der Waals surface area contributed by atoms with E-state index in [1.54, 1.807) is 0 Å². The molecule has 0 aliphatic rings. The third-order valence-electron chi connectivity index (χ3n) is 0.335. The summed E-state index contributed by atoms with van der Waals surface area (Å²) in [5, 5.41) is 0. The van der Waals surface area contributed by atoms with Gasteiger partial charge in [0.1, 0.15) is 0 Å². The summed E-state index contributed by atoms with van der Waals surface area (Å²) in [4.78, 5) is 0. The number of hydrogen-bond acceptors (Lipinski definition) is 3. The van der Waals surface area contributed by atoms with Crippen LogP contribution in [0.3, 0.4) is 0 Å². The third kappa shape index (κ3) is 11.5. The molecule has 9 heavy (non-hydrogen) atoms. The van der Waals surface area contributed by atoms with Crippen molar-refractivity contribution in [1.82, 2.24) is 0 Å². The first kappa shape index (κ1) is 11.7. The average molecular weight is 175 g/mol. The Bertz CT molecular complexity index is 161. The Labute approximate surface area is 59.9 Å². The fourth-order valence-electron chi connectivity index (χ4n) is 0.134. The first-order valence-corrected chi connectivity index (χ1v) is 3.15. The first-order chi connectivity index (χ1) is 3.56. The topological polar surface area (TPSA) is 63.6 Å². The SMILES string of the molecule is C=CCOS(=O)(=O)O.Cl. The summed E-state index contributed by atoms with van der Waals surface area (Å²) < 4.78 is 31.0.